The number of esters is 2. The van der Waals surface area contributed by atoms with Gasteiger partial charge in [-0.2, -0.15) is 0 Å². The van der Waals surface area contributed by atoms with Gasteiger partial charge in [-0.05, 0) is 63.1 Å². The van der Waals surface area contributed by atoms with Gasteiger partial charge in [0, 0.05) is 29.2 Å². The SMILES string of the molecule is CO[C@@]1(/N=C/c2cc(C(C)(C)C)c(O)c(C(C)(C)C)c2)C(=O)N2[C@@H](C(=O)OCOC(=O)C(C)(C)C)C(C)(C)S[C@@H]21. The lowest BCUT2D eigenvalue weighted by Crippen LogP contribution is -2.73. The van der Waals surface area contributed by atoms with E-state index < -0.39 is 51.9 Å². The molecule has 1 amide bonds. The van der Waals surface area contributed by atoms with Crippen molar-refractivity contribution >= 4 is 35.8 Å². The molecule has 2 aliphatic rings. The Morgan fingerprint density at radius 1 is 1.02 bits per heavy atom. The van der Waals surface area contributed by atoms with Gasteiger partial charge in [0.2, 0.25) is 6.79 Å². The molecule has 2 heterocycles. The maximum Gasteiger partial charge on any atom is 0.333 e. The number of fused-ring (bicyclic) bond motifs is 1. The van der Waals surface area contributed by atoms with E-state index in [9.17, 15) is 19.5 Å². The van der Waals surface area contributed by atoms with Gasteiger partial charge in [-0.15, -0.1) is 11.8 Å². The summed E-state index contributed by atoms with van der Waals surface area (Å²) in [6.45, 7) is 20.5. The number of benzene rings is 1. The van der Waals surface area contributed by atoms with Crippen LogP contribution in [0.1, 0.15) is 92.9 Å². The van der Waals surface area contributed by atoms with E-state index in [4.69, 9.17) is 14.2 Å². The van der Waals surface area contributed by atoms with Gasteiger partial charge in [0.05, 0.1) is 5.41 Å². The van der Waals surface area contributed by atoms with Crippen LogP contribution in [0.2, 0.25) is 0 Å². The maximum atomic E-state index is 13.6. The summed E-state index contributed by atoms with van der Waals surface area (Å²) < 4.78 is 15.4. The van der Waals surface area contributed by atoms with Gasteiger partial charge >= 0.3 is 11.9 Å². The molecule has 40 heavy (non-hydrogen) atoms. The van der Waals surface area contributed by atoms with Crippen molar-refractivity contribution in [3.63, 3.8) is 0 Å². The lowest BCUT2D eigenvalue weighted by molar-refractivity contribution is -0.196. The van der Waals surface area contributed by atoms with E-state index in [1.165, 1.54) is 23.8 Å². The van der Waals surface area contributed by atoms with Gasteiger partial charge in [0.25, 0.3) is 11.6 Å². The number of ether oxygens (including phenoxy) is 3. The Labute approximate surface area is 242 Å². The number of rotatable bonds is 6. The van der Waals surface area contributed by atoms with E-state index in [1.54, 1.807) is 27.0 Å². The fraction of sp³-hybridized carbons (Fsp3) is 0.667. The molecule has 0 spiro atoms. The number of β-lactam (4-membered cyclic amide) rings is 1. The largest absolute Gasteiger partial charge is 0.507 e. The van der Waals surface area contributed by atoms with Crippen molar-refractivity contribution in [1.29, 1.82) is 0 Å². The number of aromatic hydroxyl groups is 1. The van der Waals surface area contributed by atoms with Gasteiger partial charge in [-0.3, -0.25) is 9.59 Å². The first-order valence-electron chi connectivity index (χ1n) is 13.4. The predicted molar refractivity (Wildman–Crippen MR) is 155 cm³/mol. The molecule has 0 radical (unpaired) electrons. The van der Waals surface area contributed by atoms with Crippen molar-refractivity contribution < 1.29 is 33.7 Å². The van der Waals surface area contributed by atoms with E-state index >= 15 is 0 Å². The monoisotopic (exact) mass is 576 g/mol. The molecule has 0 aromatic heterocycles. The number of aliphatic imine (C=N–C) groups is 1. The van der Waals surface area contributed by atoms with E-state index in [2.05, 4.69) is 4.99 Å². The maximum absolute atomic E-state index is 13.6. The lowest BCUT2D eigenvalue weighted by atomic mass is 9.78. The summed E-state index contributed by atoms with van der Waals surface area (Å²) in [6.07, 6.45) is 1.60. The number of phenolic OH excluding ortho intramolecular Hbond substituents is 1. The molecule has 2 fully saturated rings. The zero-order chi connectivity index (χ0) is 30.6. The summed E-state index contributed by atoms with van der Waals surface area (Å²) in [6, 6.07) is 2.85. The molecule has 10 heteroatoms. The van der Waals surface area contributed by atoms with Crippen LogP contribution in [0.3, 0.4) is 0 Å². The molecule has 0 bridgehead atoms. The highest BCUT2D eigenvalue weighted by Gasteiger charge is 2.73. The number of hydrogen-bond acceptors (Lipinski definition) is 9. The third-order valence-corrected chi connectivity index (χ3v) is 8.77. The summed E-state index contributed by atoms with van der Waals surface area (Å²) in [5.41, 5.74) is -0.609. The van der Waals surface area contributed by atoms with Crippen LogP contribution in [0.4, 0.5) is 0 Å². The zero-order valence-corrected chi connectivity index (χ0v) is 26.6. The Kier molecular flexibility index (Phi) is 8.26. The Morgan fingerprint density at radius 2 is 1.55 bits per heavy atom. The quantitative estimate of drug-likeness (QED) is 0.220. The summed E-state index contributed by atoms with van der Waals surface area (Å²) in [5, 5.41) is 10.5. The third kappa shape index (κ3) is 5.75. The van der Waals surface area contributed by atoms with Crippen molar-refractivity contribution in [2.75, 3.05) is 13.9 Å². The summed E-state index contributed by atoms with van der Waals surface area (Å²) in [5.74, 6) is -1.35. The highest BCUT2D eigenvalue weighted by Crippen LogP contribution is 2.56. The van der Waals surface area contributed by atoms with Crippen molar-refractivity contribution in [3.8, 4) is 5.75 Å². The molecule has 2 saturated heterocycles. The van der Waals surface area contributed by atoms with Crippen molar-refractivity contribution in [2.45, 2.75) is 109 Å². The number of thioether (sulfide) groups is 1. The minimum atomic E-state index is -1.52. The van der Waals surface area contributed by atoms with Crippen LogP contribution in [0.15, 0.2) is 17.1 Å². The molecule has 0 aliphatic carbocycles. The second-order valence-electron chi connectivity index (χ2n) is 14.1. The molecule has 222 valence electrons. The number of amides is 1. The number of carbonyl (C=O) groups excluding carboxylic acids is 3. The number of hydrogen-bond donors (Lipinski definition) is 1. The van der Waals surface area contributed by atoms with Crippen LogP contribution in [-0.4, -0.2) is 69.9 Å². The summed E-state index contributed by atoms with van der Waals surface area (Å²) in [7, 11) is 1.43. The normalized spacial score (nSPS) is 24.6. The average Bonchev–Trinajstić information content (AvgIpc) is 3.06. The van der Waals surface area contributed by atoms with Crippen molar-refractivity contribution in [3.05, 3.63) is 28.8 Å². The molecular weight excluding hydrogens is 532 g/mol. The van der Waals surface area contributed by atoms with Crippen LogP contribution < -0.4 is 0 Å². The number of carbonyl (C=O) groups is 3. The van der Waals surface area contributed by atoms with Gasteiger partial charge in [0.1, 0.15) is 17.2 Å². The van der Waals surface area contributed by atoms with Gasteiger partial charge in [0.15, 0.2) is 0 Å². The second-order valence-corrected chi connectivity index (χ2v) is 15.8. The summed E-state index contributed by atoms with van der Waals surface area (Å²) >= 11 is 1.40. The Morgan fingerprint density at radius 3 is 2.00 bits per heavy atom. The number of phenols is 1. The Bertz CT molecular complexity index is 1180. The highest BCUT2D eigenvalue weighted by atomic mass is 32.2. The molecule has 3 atom stereocenters. The molecule has 0 saturated carbocycles. The Hall–Kier alpha value is -2.59. The molecule has 9 nitrogen and oxygen atoms in total. The molecule has 0 unspecified atom stereocenters. The fourth-order valence-corrected chi connectivity index (χ4v) is 6.50. The average molecular weight is 577 g/mol. The predicted octanol–water partition coefficient (Wildman–Crippen LogP) is 4.90. The molecule has 2 aliphatic heterocycles. The topological polar surface area (TPSA) is 115 Å². The molecule has 1 aromatic rings. The molecule has 3 rings (SSSR count). The van der Waals surface area contributed by atoms with Crippen molar-refractivity contribution in [1.82, 2.24) is 4.90 Å². The first-order chi connectivity index (χ1) is 18.1. The van der Waals surface area contributed by atoms with Crippen molar-refractivity contribution in [2.24, 2.45) is 10.4 Å². The van der Waals surface area contributed by atoms with Crippen LogP contribution in [0.5, 0.6) is 5.75 Å². The number of methoxy groups -OCH3 is 1. The minimum absolute atomic E-state index is 0.257. The molecule has 1 aromatic carbocycles. The van der Waals surface area contributed by atoms with Crippen LogP contribution in [0, 0.1) is 5.41 Å². The van der Waals surface area contributed by atoms with E-state index in [0.717, 1.165) is 16.7 Å². The summed E-state index contributed by atoms with van der Waals surface area (Å²) in [4.78, 5) is 44.8. The minimum Gasteiger partial charge on any atom is -0.507 e. The zero-order valence-electron chi connectivity index (χ0n) is 25.8. The molecular formula is C30H44N2O7S. The van der Waals surface area contributed by atoms with Gasteiger partial charge < -0.3 is 24.2 Å². The van der Waals surface area contributed by atoms with Crippen LogP contribution >= 0.6 is 11.8 Å². The van der Waals surface area contributed by atoms with Crippen LogP contribution in [-0.2, 0) is 39.4 Å². The third-order valence-electron chi connectivity index (χ3n) is 7.17. The van der Waals surface area contributed by atoms with E-state index in [-0.39, 0.29) is 16.6 Å². The fourth-order valence-electron chi connectivity index (χ4n) is 4.83. The lowest BCUT2D eigenvalue weighted by Gasteiger charge is -2.49. The smallest absolute Gasteiger partial charge is 0.333 e. The standard InChI is InChI=1S/C30H44N2O7S/c1-26(2,3)18-13-17(14-19(20(18)33)27(4,5)6)15-31-30(37-12)23(35)32-21(29(10,11)40-24(30)32)22(34)38-16-39-25(36)28(7,8)9/h13-15,21,24,33H,16H2,1-12H3/b31-15+/t21-,24+,30-/m0/s1. The van der Waals surface area contributed by atoms with Gasteiger partial charge in [-0.1, -0.05) is 41.5 Å². The van der Waals surface area contributed by atoms with Gasteiger partial charge in [-0.25, -0.2) is 9.79 Å². The first kappa shape index (κ1) is 31.9. The van der Waals surface area contributed by atoms with E-state index in [1.807, 2.05) is 67.5 Å². The number of nitrogens with zero attached hydrogens (tertiary/aromatic N) is 2. The Balaban J connectivity index is 1.89. The van der Waals surface area contributed by atoms with Crippen LogP contribution in [0.25, 0.3) is 0 Å². The second kappa shape index (κ2) is 10.4. The molecule has 1 N–H and O–H groups in total. The van der Waals surface area contributed by atoms with E-state index in [0.29, 0.717) is 0 Å². The highest BCUT2D eigenvalue weighted by molar-refractivity contribution is 8.01. The first-order valence-corrected chi connectivity index (χ1v) is 14.3.